The molecular formula is C13H14N4O. The highest BCUT2D eigenvalue weighted by Crippen LogP contribution is 2.02. The first-order valence-corrected chi connectivity index (χ1v) is 5.85. The number of nitriles is 1. The van der Waals surface area contributed by atoms with Crippen LogP contribution in [0.5, 0.6) is 0 Å². The molecule has 0 aliphatic carbocycles. The van der Waals surface area contributed by atoms with Gasteiger partial charge in [-0.1, -0.05) is 6.92 Å². The van der Waals surface area contributed by atoms with E-state index >= 15 is 0 Å². The Labute approximate surface area is 105 Å². The third-order valence-corrected chi connectivity index (χ3v) is 2.67. The van der Waals surface area contributed by atoms with E-state index in [9.17, 15) is 4.79 Å². The first-order valence-electron chi connectivity index (χ1n) is 5.85. The molecule has 5 heteroatoms. The van der Waals surface area contributed by atoms with Gasteiger partial charge in [-0.2, -0.15) is 5.26 Å². The van der Waals surface area contributed by atoms with Crippen LogP contribution in [0.1, 0.15) is 24.6 Å². The van der Waals surface area contributed by atoms with E-state index < -0.39 is 0 Å². The van der Waals surface area contributed by atoms with Crippen molar-refractivity contribution in [3.05, 3.63) is 52.5 Å². The smallest absolute Gasteiger partial charge is 0.299 e. The molecule has 2 aromatic heterocycles. The molecule has 2 rings (SSSR count). The van der Waals surface area contributed by atoms with E-state index in [2.05, 4.69) is 4.98 Å². The molecule has 0 unspecified atom stereocenters. The van der Waals surface area contributed by atoms with Crippen molar-refractivity contribution in [2.45, 2.75) is 26.4 Å². The summed E-state index contributed by atoms with van der Waals surface area (Å²) in [6.45, 7) is 3.23. The highest BCUT2D eigenvalue weighted by molar-refractivity contribution is 5.25. The lowest BCUT2D eigenvalue weighted by atomic mass is 10.2. The third kappa shape index (κ3) is 2.48. The SMILES string of the molecule is CCCn1ccn(Cc2ccnc(C#N)c2)c1=O. The maximum Gasteiger partial charge on any atom is 0.328 e. The molecule has 0 spiro atoms. The Morgan fingerprint density at radius 2 is 2.17 bits per heavy atom. The number of imidazole rings is 1. The predicted molar refractivity (Wildman–Crippen MR) is 67.0 cm³/mol. The predicted octanol–water partition coefficient (Wildman–Crippen LogP) is 1.37. The number of pyridine rings is 1. The van der Waals surface area contributed by atoms with Crippen LogP contribution >= 0.6 is 0 Å². The van der Waals surface area contributed by atoms with Crippen LogP contribution in [0.15, 0.2) is 35.5 Å². The topological polar surface area (TPSA) is 63.6 Å². The summed E-state index contributed by atoms with van der Waals surface area (Å²) in [6, 6.07) is 5.50. The Balaban J connectivity index is 2.24. The molecule has 18 heavy (non-hydrogen) atoms. The number of aromatic nitrogens is 3. The summed E-state index contributed by atoms with van der Waals surface area (Å²) in [5.74, 6) is 0. The lowest BCUT2D eigenvalue weighted by Crippen LogP contribution is -2.24. The molecule has 0 aromatic carbocycles. The molecule has 0 atom stereocenters. The second-order valence-corrected chi connectivity index (χ2v) is 4.06. The van der Waals surface area contributed by atoms with Gasteiger partial charge in [0.25, 0.3) is 0 Å². The zero-order valence-corrected chi connectivity index (χ0v) is 10.2. The molecule has 0 N–H and O–H groups in total. The molecule has 0 fully saturated rings. The van der Waals surface area contributed by atoms with Gasteiger partial charge in [0.2, 0.25) is 0 Å². The van der Waals surface area contributed by atoms with Crippen LogP contribution in [0.2, 0.25) is 0 Å². The Hall–Kier alpha value is -2.35. The third-order valence-electron chi connectivity index (χ3n) is 2.67. The molecule has 0 saturated heterocycles. The normalized spacial score (nSPS) is 10.2. The largest absolute Gasteiger partial charge is 0.328 e. The van der Waals surface area contributed by atoms with E-state index in [1.54, 1.807) is 33.8 Å². The fraction of sp³-hybridized carbons (Fsp3) is 0.308. The molecule has 0 aliphatic heterocycles. The minimum atomic E-state index is -0.0211. The summed E-state index contributed by atoms with van der Waals surface area (Å²) >= 11 is 0. The summed E-state index contributed by atoms with van der Waals surface area (Å²) < 4.78 is 3.32. The monoisotopic (exact) mass is 242 g/mol. The Kier molecular flexibility index (Phi) is 3.58. The summed E-state index contributed by atoms with van der Waals surface area (Å²) in [5.41, 5.74) is 1.25. The molecule has 0 aliphatic rings. The number of hydrogen-bond donors (Lipinski definition) is 0. The van der Waals surface area contributed by atoms with Gasteiger partial charge in [0.15, 0.2) is 0 Å². The van der Waals surface area contributed by atoms with Crippen molar-refractivity contribution in [2.24, 2.45) is 0 Å². The van der Waals surface area contributed by atoms with E-state index in [4.69, 9.17) is 5.26 Å². The van der Waals surface area contributed by atoms with Crippen LogP contribution in [0, 0.1) is 11.3 Å². The molecule has 0 radical (unpaired) electrons. The van der Waals surface area contributed by atoms with Crippen molar-refractivity contribution in [3.8, 4) is 6.07 Å². The van der Waals surface area contributed by atoms with Gasteiger partial charge in [0, 0.05) is 25.1 Å². The Morgan fingerprint density at radius 3 is 2.89 bits per heavy atom. The highest BCUT2D eigenvalue weighted by Gasteiger charge is 2.04. The second kappa shape index (κ2) is 5.32. The molecule has 0 bridgehead atoms. The number of aryl methyl sites for hydroxylation is 1. The fourth-order valence-corrected chi connectivity index (χ4v) is 1.82. The standard InChI is InChI=1S/C13H14N4O/c1-2-5-16-6-7-17(13(16)18)10-11-3-4-15-12(8-11)9-14/h3-4,6-8H,2,5,10H2,1H3. The minimum absolute atomic E-state index is 0.0211. The van der Waals surface area contributed by atoms with Gasteiger partial charge in [-0.15, -0.1) is 0 Å². The van der Waals surface area contributed by atoms with Gasteiger partial charge in [-0.3, -0.25) is 9.13 Å². The molecule has 5 nitrogen and oxygen atoms in total. The lowest BCUT2D eigenvalue weighted by molar-refractivity contribution is 0.624. The van der Waals surface area contributed by atoms with Crippen LogP contribution in [0.3, 0.4) is 0 Å². The van der Waals surface area contributed by atoms with Crippen molar-refractivity contribution in [2.75, 3.05) is 0 Å². The molecular weight excluding hydrogens is 228 g/mol. The molecule has 92 valence electrons. The Bertz CT molecular complexity index is 633. The molecule has 2 aromatic rings. The van der Waals surface area contributed by atoms with Crippen molar-refractivity contribution in [1.29, 1.82) is 5.26 Å². The summed E-state index contributed by atoms with van der Waals surface area (Å²) in [5, 5.41) is 8.77. The van der Waals surface area contributed by atoms with Gasteiger partial charge in [-0.05, 0) is 24.1 Å². The summed E-state index contributed by atoms with van der Waals surface area (Å²) in [4.78, 5) is 15.9. The first-order chi connectivity index (χ1) is 8.74. The van der Waals surface area contributed by atoms with E-state index in [1.807, 2.05) is 19.1 Å². The quantitative estimate of drug-likeness (QED) is 0.813. The molecule has 2 heterocycles. The van der Waals surface area contributed by atoms with Gasteiger partial charge < -0.3 is 0 Å². The van der Waals surface area contributed by atoms with Gasteiger partial charge in [0.05, 0.1) is 6.54 Å². The minimum Gasteiger partial charge on any atom is -0.299 e. The van der Waals surface area contributed by atoms with Crippen LogP contribution in [0.25, 0.3) is 0 Å². The van der Waals surface area contributed by atoms with Crippen LogP contribution in [-0.4, -0.2) is 14.1 Å². The van der Waals surface area contributed by atoms with Crippen LogP contribution < -0.4 is 5.69 Å². The first kappa shape index (κ1) is 12.1. The number of rotatable bonds is 4. The average molecular weight is 242 g/mol. The maximum absolute atomic E-state index is 12.0. The fourth-order valence-electron chi connectivity index (χ4n) is 1.82. The Morgan fingerprint density at radius 1 is 1.39 bits per heavy atom. The molecule has 0 amide bonds. The average Bonchev–Trinajstić information content (AvgIpc) is 2.72. The van der Waals surface area contributed by atoms with Gasteiger partial charge >= 0.3 is 5.69 Å². The lowest BCUT2D eigenvalue weighted by Gasteiger charge is -2.02. The number of hydrogen-bond acceptors (Lipinski definition) is 3. The van der Waals surface area contributed by atoms with Crippen molar-refractivity contribution in [3.63, 3.8) is 0 Å². The van der Waals surface area contributed by atoms with E-state index in [0.717, 1.165) is 18.5 Å². The van der Waals surface area contributed by atoms with Crippen molar-refractivity contribution >= 4 is 0 Å². The zero-order valence-electron chi connectivity index (χ0n) is 10.2. The van der Waals surface area contributed by atoms with Crippen molar-refractivity contribution < 1.29 is 0 Å². The van der Waals surface area contributed by atoms with Gasteiger partial charge in [-0.25, -0.2) is 9.78 Å². The second-order valence-electron chi connectivity index (χ2n) is 4.06. The maximum atomic E-state index is 12.0. The van der Waals surface area contributed by atoms with Gasteiger partial charge in [0.1, 0.15) is 11.8 Å². The molecule has 0 saturated carbocycles. The van der Waals surface area contributed by atoms with E-state index in [-0.39, 0.29) is 5.69 Å². The van der Waals surface area contributed by atoms with E-state index in [1.165, 1.54) is 0 Å². The van der Waals surface area contributed by atoms with Crippen LogP contribution in [0.4, 0.5) is 0 Å². The highest BCUT2D eigenvalue weighted by atomic mass is 16.1. The van der Waals surface area contributed by atoms with Crippen molar-refractivity contribution in [1.82, 2.24) is 14.1 Å². The van der Waals surface area contributed by atoms with E-state index in [0.29, 0.717) is 12.2 Å². The number of nitrogens with zero attached hydrogens (tertiary/aromatic N) is 4. The zero-order chi connectivity index (χ0) is 13.0. The van der Waals surface area contributed by atoms with Crippen LogP contribution in [-0.2, 0) is 13.1 Å². The summed E-state index contributed by atoms with van der Waals surface area (Å²) in [7, 11) is 0. The summed E-state index contributed by atoms with van der Waals surface area (Å²) in [6.07, 6.45) is 6.07.